The fourth-order valence-electron chi connectivity index (χ4n) is 2.94. The second-order valence-corrected chi connectivity index (χ2v) is 8.91. The molecule has 0 aliphatic carbocycles. The molecule has 1 fully saturated rings. The average Bonchev–Trinajstić information content (AvgIpc) is 2.96. The van der Waals surface area contributed by atoms with Crippen LogP contribution in [0.1, 0.15) is 31.2 Å². The van der Waals surface area contributed by atoms with Gasteiger partial charge in [0.15, 0.2) is 0 Å². The smallest absolute Gasteiger partial charge is 0.266 e. The van der Waals surface area contributed by atoms with Crippen LogP contribution in [0.15, 0.2) is 53.4 Å². The highest BCUT2D eigenvalue weighted by Crippen LogP contribution is 2.33. The lowest BCUT2D eigenvalue weighted by Crippen LogP contribution is -2.29. The standard InChI is InChI=1S/C22H21ClN2O3S2/c23-16-10-8-15(9-11-16)13-19-21(28)25(22(29)30-19)12-3-1-2-7-20(27)24-17-5-4-6-18(26)14-17/h4-6,8-11,13-14,26H,1-3,7,12H2,(H,24,27)/b19-13-. The van der Waals surface area contributed by atoms with E-state index in [0.29, 0.717) is 39.3 Å². The van der Waals surface area contributed by atoms with Gasteiger partial charge in [-0.3, -0.25) is 14.5 Å². The Morgan fingerprint density at radius 2 is 1.93 bits per heavy atom. The van der Waals surface area contributed by atoms with Crippen molar-refractivity contribution in [2.75, 3.05) is 11.9 Å². The summed E-state index contributed by atoms with van der Waals surface area (Å²) >= 11 is 12.6. The number of aromatic hydroxyl groups is 1. The number of amides is 2. The molecule has 5 nitrogen and oxygen atoms in total. The van der Waals surface area contributed by atoms with Crippen molar-refractivity contribution in [2.24, 2.45) is 0 Å². The molecule has 2 N–H and O–H groups in total. The van der Waals surface area contributed by atoms with Gasteiger partial charge in [-0.25, -0.2) is 0 Å². The number of carbonyl (C=O) groups excluding carboxylic acids is 2. The van der Waals surface area contributed by atoms with Crippen LogP contribution in [0, 0.1) is 0 Å². The van der Waals surface area contributed by atoms with Gasteiger partial charge in [-0.15, -0.1) is 0 Å². The summed E-state index contributed by atoms with van der Waals surface area (Å²) in [5, 5.41) is 12.8. The first kappa shape index (κ1) is 22.3. The summed E-state index contributed by atoms with van der Waals surface area (Å²) < 4.78 is 0.557. The van der Waals surface area contributed by atoms with Crippen molar-refractivity contribution in [3.05, 3.63) is 64.0 Å². The number of nitrogens with zero attached hydrogens (tertiary/aromatic N) is 1. The number of carbonyl (C=O) groups is 2. The summed E-state index contributed by atoms with van der Waals surface area (Å²) in [7, 11) is 0. The number of benzene rings is 2. The monoisotopic (exact) mass is 460 g/mol. The number of halogens is 1. The molecule has 0 bridgehead atoms. The molecule has 0 spiro atoms. The Balaban J connectivity index is 1.41. The van der Waals surface area contributed by atoms with Crippen molar-refractivity contribution in [3.63, 3.8) is 0 Å². The van der Waals surface area contributed by atoms with E-state index < -0.39 is 0 Å². The molecule has 0 aromatic heterocycles. The molecule has 3 rings (SSSR count). The van der Waals surface area contributed by atoms with Gasteiger partial charge >= 0.3 is 0 Å². The fraction of sp³-hybridized carbons (Fsp3) is 0.227. The molecule has 2 amide bonds. The lowest BCUT2D eigenvalue weighted by atomic mass is 10.1. The molecule has 1 heterocycles. The summed E-state index contributed by atoms with van der Waals surface area (Å²) in [4.78, 5) is 26.8. The molecular weight excluding hydrogens is 440 g/mol. The second kappa shape index (κ2) is 10.6. The van der Waals surface area contributed by atoms with Crippen LogP contribution >= 0.6 is 35.6 Å². The Hall–Kier alpha value is -2.35. The van der Waals surface area contributed by atoms with Crippen LogP contribution in [-0.4, -0.2) is 32.7 Å². The highest BCUT2D eigenvalue weighted by Gasteiger charge is 2.31. The zero-order valence-corrected chi connectivity index (χ0v) is 18.5. The predicted molar refractivity (Wildman–Crippen MR) is 127 cm³/mol. The number of rotatable bonds is 8. The molecule has 30 heavy (non-hydrogen) atoms. The summed E-state index contributed by atoms with van der Waals surface area (Å²) in [5.74, 6) is -0.0694. The van der Waals surface area contributed by atoms with Gasteiger partial charge in [-0.1, -0.05) is 60.2 Å². The van der Waals surface area contributed by atoms with Crippen molar-refractivity contribution >= 4 is 63.5 Å². The maximum absolute atomic E-state index is 12.6. The highest BCUT2D eigenvalue weighted by molar-refractivity contribution is 8.26. The van der Waals surface area contributed by atoms with Crippen LogP contribution in [0.5, 0.6) is 5.75 Å². The van der Waals surface area contributed by atoms with E-state index in [0.717, 1.165) is 18.4 Å². The van der Waals surface area contributed by atoms with Crippen LogP contribution in [0.4, 0.5) is 5.69 Å². The normalized spacial score (nSPS) is 15.1. The first-order valence-electron chi connectivity index (χ1n) is 9.52. The van der Waals surface area contributed by atoms with Crippen LogP contribution in [0.25, 0.3) is 6.08 Å². The second-order valence-electron chi connectivity index (χ2n) is 6.79. The Morgan fingerprint density at radius 1 is 1.17 bits per heavy atom. The predicted octanol–water partition coefficient (Wildman–Crippen LogP) is 5.45. The average molecular weight is 461 g/mol. The van der Waals surface area contributed by atoms with Crippen LogP contribution in [-0.2, 0) is 9.59 Å². The summed E-state index contributed by atoms with van der Waals surface area (Å²) in [6, 6.07) is 13.7. The third kappa shape index (κ3) is 6.32. The number of thiocarbonyl (C=S) groups is 1. The van der Waals surface area contributed by atoms with Gasteiger partial charge in [0.1, 0.15) is 10.1 Å². The lowest BCUT2D eigenvalue weighted by molar-refractivity contribution is -0.122. The van der Waals surface area contributed by atoms with E-state index in [4.69, 9.17) is 23.8 Å². The van der Waals surface area contributed by atoms with Gasteiger partial charge in [-0.05, 0) is 48.7 Å². The van der Waals surface area contributed by atoms with Crippen LogP contribution in [0.3, 0.4) is 0 Å². The van der Waals surface area contributed by atoms with Crippen LogP contribution < -0.4 is 5.32 Å². The molecule has 0 saturated carbocycles. The molecule has 156 valence electrons. The lowest BCUT2D eigenvalue weighted by Gasteiger charge is -2.14. The molecule has 0 atom stereocenters. The minimum atomic E-state index is -0.0999. The fourth-order valence-corrected chi connectivity index (χ4v) is 4.38. The maximum Gasteiger partial charge on any atom is 0.266 e. The molecule has 2 aromatic rings. The Labute approximate surface area is 190 Å². The van der Waals surface area contributed by atoms with Gasteiger partial charge in [-0.2, -0.15) is 0 Å². The molecule has 1 aliphatic heterocycles. The molecule has 1 saturated heterocycles. The highest BCUT2D eigenvalue weighted by atomic mass is 35.5. The topological polar surface area (TPSA) is 69.6 Å². The molecule has 1 aliphatic rings. The largest absolute Gasteiger partial charge is 0.508 e. The number of phenols is 1. The van der Waals surface area contributed by atoms with Crippen molar-refractivity contribution < 1.29 is 14.7 Å². The zero-order valence-electron chi connectivity index (χ0n) is 16.1. The van der Waals surface area contributed by atoms with E-state index >= 15 is 0 Å². The quantitative estimate of drug-likeness (QED) is 0.311. The van der Waals surface area contributed by atoms with E-state index in [1.807, 2.05) is 18.2 Å². The van der Waals surface area contributed by atoms with Gasteiger partial charge in [0.25, 0.3) is 5.91 Å². The molecule has 8 heteroatoms. The first-order chi connectivity index (χ1) is 14.4. The number of nitrogens with one attached hydrogen (secondary N) is 1. The number of thioether (sulfide) groups is 1. The Kier molecular flexibility index (Phi) is 7.90. The van der Waals surface area contributed by atoms with Crippen molar-refractivity contribution in [1.82, 2.24) is 4.90 Å². The van der Waals surface area contributed by atoms with E-state index in [-0.39, 0.29) is 17.6 Å². The minimum absolute atomic E-state index is 0.0819. The number of hydrogen-bond acceptors (Lipinski definition) is 5. The third-order valence-electron chi connectivity index (χ3n) is 4.46. The molecule has 0 unspecified atom stereocenters. The van der Waals surface area contributed by atoms with E-state index in [2.05, 4.69) is 5.32 Å². The summed E-state index contributed by atoms with van der Waals surface area (Å²) in [5.41, 5.74) is 1.47. The van der Waals surface area contributed by atoms with Gasteiger partial charge in [0.2, 0.25) is 5.91 Å². The summed E-state index contributed by atoms with van der Waals surface area (Å²) in [6.45, 7) is 0.538. The van der Waals surface area contributed by atoms with E-state index in [9.17, 15) is 14.7 Å². The van der Waals surface area contributed by atoms with E-state index in [1.54, 1.807) is 35.2 Å². The van der Waals surface area contributed by atoms with Crippen molar-refractivity contribution in [1.29, 1.82) is 0 Å². The SMILES string of the molecule is O=C(CCCCCN1C(=O)/C(=C/c2ccc(Cl)cc2)SC1=S)Nc1cccc(O)c1. The molecule has 0 radical (unpaired) electrons. The maximum atomic E-state index is 12.6. The molecule has 2 aromatic carbocycles. The number of anilines is 1. The van der Waals surface area contributed by atoms with E-state index in [1.165, 1.54) is 17.8 Å². The number of hydrogen-bond donors (Lipinski definition) is 2. The van der Waals surface area contributed by atoms with Gasteiger partial charge in [0, 0.05) is 29.7 Å². The van der Waals surface area contributed by atoms with Crippen molar-refractivity contribution in [2.45, 2.75) is 25.7 Å². The number of phenolic OH excluding ortho intramolecular Hbond substituents is 1. The minimum Gasteiger partial charge on any atom is -0.508 e. The van der Waals surface area contributed by atoms with Crippen molar-refractivity contribution in [3.8, 4) is 5.75 Å². The third-order valence-corrected chi connectivity index (χ3v) is 6.09. The first-order valence-corrected chi connectivity index (χ1v) is 11.1. The van der Waals surface area contributed by atoms with Gasteiger partial charge in [0.05, 0.1) is 4.91 Å². The Morgan fingerprint density at radius 3 is 2.67 bits per heavy atom. The van der Waals surface area contributed by atoms with Crippen LogP contribution in [0.2, 0.25) is 5.02 Å². The number of unbranched alkanes of at least 4 members (excludes halogenated alkanes) is 2. The summed E-state index contributed by atoms with van der Waals surface area (Å²) in [6.07, 6.45) is 4.48. The Bertz CT molecular complexity index is 977. The zero-order chi connectivity index (χ0) is 21.5. The van der Waals surface area contributed by atoms with Gasteiger partial charge < -0.3 is 10.4 Å². The molecular formula is C22H21ClN2O3S2.